The first-order chi connectivity index (χ1) is 15.6. The van der Waals surface area contributed by atoms with Gasteiger partial charge in [0.1, 0.15) is 13.2 Å². The summed E-state index contributed by atoms with van der Waals surface area (Å²) in [5.74, 6) is 1.43. The SMILES string of the molecule is Cc1cc(N2CCN(C)CC2)ccc1NC(=O)c1ccc(-c2ccc3c(c2)OCCO3)s1. The fraction of sp³-hybridized carbons (Fsp3) is 0.320. The third-order valence-electron chi connectivity index (χ3n) is 5.98. The lowest BCUT2D eigenvalue weighted by atomic mass is 10.1. The number of hydrogen-bond donors (Lipinski definition) is 1. The maximum Gasteiger partial charge on any atom is 0.265 e. The van der Waals surface area contributed by atoms with E-state index < -0.39 is 0 Å². The van der Waals surface area contributed by atoms with Crippen LogP contribution in [-0.2, 0) is 0 Å². The maximum absolute atomic E-state index is 12.9. The molecule has 5 rings (SSSR count). The average molecular weight is 450 g/mol. The summed E-state index contributed by atoms with van der Waals surface area (Å²) in [6.45, 7) is 7.37. The molecule has 3 aromatic rings. The smallest absolute Gasteiger partial charge is 0.265 e. The summed E-state index contributed by atoms with van der Waals surface area (Å²) >= 11 is 1.47. The molecule has 3 heterocycles. The van der Waals surface area contributed by atoms with Crippen molar-refractivity contribution in [1.82, 2.24) is 4.90 Å². The van der Waals surface area contributed by atoms with E-state index in [0.29, 0.717) is 18.1 Å². The molecule has 0 aliphatic carbocycles. The number of rotatable bonds is 4. The molecular weight excluding hydrogens is 422 g/mol. The van der Waals surface area contributed by atoms with Crippen molar-refractivity contribution in [3.8, 4) is 21.9 Å². The van der Waals surface area contributed by atoms with Gasteiger partial charge in [-0.15, -0.1) is 11.3 Å². The lowest BCUT2D eigenvalue weighted by molar-refractivity contribution is 0.103. The fourth-order valence-corrected chi connectivity index (χ4v) is 4.94. The molecule has 0 unspecified atom stereocenters. The number of ether oxygens (including phenoxy) is 2. The molecule has 0 radical (unpaired) electrons. The highest BCUT2D eigenvalue weighted by Crippen LogP contribution is 2.37. The Morgan fingerprint density at radius 1 is 0.938 bits per heavy atom. The first kappa shape index (κ1) is 20.8. The summed E-state index contributed by atoms with van der Waals surface area (Å²) in [5, 5.41) is 3.08. The Labute approximate surface area is 192 Å². The number of carbonyl (C=O) groups is 1. The van der Waals surface area contributed by atoms with Gasteiger partial charge in [0.05, 0.1) is 4.88 Å². The van der Waals surface area contributed by atoms with Crippen molar-refractivity contribution in [3.05, 3.63) is 59.0 Å². The van der Waals surface area contributed by atoms with Crippen LogP contribution in [0.5, 0.6) is 11.5 Å². The van der Waals surface area contributed by atoms with Crippen molar-refractivity contribution in [2.45, 2.75) is 6.92 Å². The van der Waals surface area contributed by atoms with Crippen LogP contribution in [0.1, 0.15) is 15.2 Å². The second kappa shape index (κ2) is 8.84. The molecule has 32 heavy (non-hydrogen) atoms. The number of amides is 1. The van der Waals surface area contributed by atoms with Crippen LogP contribution < -0.4 is 19.7 Å². The minimum atomic E-state index is -0.0887. The van der Waals surface area contributed by atoms with Crippen molar-refractivity contribution >= 4 is 28.6 Å². The Kier molecular flexibility index (Phi) is 5.76. The van der Waals surface area contributed by atoms with Crippen molar-refractivity contribution in [1.29, 1.82) is 0 Å². The molecule has 6 nitrogen and oxygen atoms in total. The van der Waals surface area contributed by atoms with Crippen LogP contribution in [0.25, 0.3) is 10.4 Å². The molecule has 2 aliphatic rings. The topological polar surface area (TPSA) is 54.0 Å². The fourth-order valence-electron chi connectivity index (χ4n) is 4.05. The number of anilines is 2. The molecule has 1 N–H and O–H groups in total. The number of piperazine rings is 1. The quantitative estimate of drug-likeness (QED) is 0.636. The molecule has 1 amide bonds. The predicted molar refractivity (Wildman–Crippen MR) is 130 cm³/mol. The second-order valence-electron chi connectivity index (χ2n) is 8.27. The lowest BCUT2D eigenvalue weighted by Gasteiger charge is -2.34. The molecule has 1 aromatic heterocycles. The zero-order chi connectivity index (χ0) is 22.1. The molecule has 2 aromatic carbocycles. The van der Waals surface area contributed by atoms with Gasteiger partial charge in [0.25, 0.3) is 5.91 Å². The Hall–Kier alpha value is -3.03. The number of nitrogens with one attached hydrogen (secondary N) is 1. The summed E-state index contributed by atoms with van der Waals surface area (Å²) in [7, 11) is 2.16. The van der Waals surface area contributed by atoms with Gasteiger partial charge in [-0.1, -0.05) is 0 Å². The number of fused-ring (bicyclic) bond motifs is 1. The Morgan fingerprint density at radius 2 is 1.72 bits per heavy atom. The molecule has 166 valence electrons. The average Bonchev–Trinajstić information content (AvgIpc) is 3.31. The summed E-state index contributed by atoms with van der Waals surface area (Å²) in [6.07, 6.45) is 0. The van der Waals surface area contributed by atoms with Crippen LogP contribution >= 0.6 is 11.3 Å². The minimum absolute atomic E-state index is 0.0887. The summed E-state index contributed by atoms with van der Waals surface area (Å²) in [5.41, 5.74) is 4.15. The van der Waals surface area contributed by atoms with Gasteiger partial charge in [0.2, 0.25) is 0 Å². The molecule has 2 aliphatic heterocycles. The van der Waals surface area contributed by atoms with E-state index in [2.05, 4.69) is 34.3 Å². The van der Waals surface area contributed by atoms with Crippen LogP contribution in [0.2, 0.25) is 0 Å². The molecule has 0 saturated carbocycles. The number of aryl methyl sites for hydroxylation is 1. The third kappa shape index (κ3) is 4.31. The van der Waals surface area contributed by atoms with Crippen LogP contribution in [0, 0.1) is 6.92 Å². The Morgan fingerprint density at radius 3 is 2.50 bits per heavy atom. The molecule has 7 heteroatoms. The van der Waals surface area contributed by atoms with Gasteiger partial charge in [0, 0.05) is 42.4 Å². The number of likely N-dealkylation sites (N-methyl/N-ethyl adjacent to an activating group) is 1. The molecule has 0 bridgehead atoms. The largest absolute Gasteiger partial charge is 0.486 e. The standard InChI is InChI=1S/C25H27N3O3S/c1-17-15-19(28-11-9-27(2)10-12-28)4-5-20(17)26-25(29)24-8-7-23(32-24)18-3-6-21-22(16-18)31-14-13-30-21/h3-8,15-16H,9-14H2,1-2H3,(H,26,29). The number of carbonyl (C=O) groups excluding carboxylic acids is 1. The molecule has 0 atom stereocenters. The zero-order valence-electron chi connectivity index (χ0n) is 18.4. The van der Waals surface area contributed by atoms with Gasteiger partial charge in [0.15, 0.2) is 11.5 Å². The summed E-state index contributed by atoms with van der Waals surface area (Å²) in [6, 6.07) is 16.0. The zero-order valence-corrected chi connectivity index (χ0v) is 19.2. The van der Waals surface area contributed by atoms with E-state index >= 15 is 0 Å². The highest BCUT2D eigenvalue weighted by Gasteiger charge is 2.17. The Balaban J connectivity index is 1.28. The van der Waals surface area contributed by atoms with Crippen molar-refractivity contribution in [2.75, 3.05) is 56.7 Å². The van der Waals surface area contributed by atoms with Gasteiger partial charge in [-0.05, 0) is 73.6 Å². The van der Waals surface area contributed by atoms with Crippen molar-refractivity contribution < 1.29 is 14.3 Å². The highest BCUT2D eigenvalue weighted by atomic mass is 32.1. The number of hydrogen-bond acceptors (Lipinski definition) is 6. The summed E-state index contributed by atoms with van der Waals surface area (Å²) < 4.78 is 11.3. The first-order valence-corrected chi connectivity index (χ1v) is 11.7. The van der Waals surface area contributed by atoms with Crippen molar-refractivity contribution in [3.63, 3.8) is 0 Å². The maximum atomic E-state index is 12.9. The normalized spacial score (nSPS) is 16.1. The molecule has 1 saturated heterocycles. The van der Waals surface area contributed by atoms with E-state index in [9.17, 15) is 4.79 Å². The first-order valence-electron chi connectivity index (χ1n) is 10.9. The van der Waals surface area contributed by atoms with Crippen LogP contribution in [0.3, 0.4) is 0 Å². The van der Waals surface area contributed by atoms with E-state index in [1.807, 2.05) is 43.3 Å². The van der Waals surface area contributed by atoms with E-state index in [4.69, 9.17) is 9.47 Å². The van der Waals surface area contributed by atoms with Gasteiger partial charge >= 0.3 is 0 Å². The molecule has 1 fully saturated rings. The van der Waals surface area contributed by atoms with Gasteiger partial charge in [-0.25, -0.2) is 0 Å². The molecular formula is C25H27N3O3S. The molecule has 0 spiro atoms. The number of nitrogens with zero attached hydrogens (tertiary/aromatic N) is 2. The lowest BCUT2D eigenvalue weighted by Crippen LogP contribution is -2.44. The van der Waals surface area contributed by atoms with Crippen LogP contribution in [0.4, 0.5) is 11.4 Å². The predicted octanol–water partition coefficient (Wildman–Crippen LogP) is 4.50. The summed E-state index contributed by atoms with van der Waals surface area (Å²) in [4.78, 5) is 19.4. The number of thiophene rings is 1. The van der Waals surface area contributed by atoms with E-state index in [1.165, 1.54) is 17.0 Å². The van der Waals surface area contributed by atoms with E-state index in [1.54, 1.807) is 0 Å². The Bertz CT molecular complexity index is 1140. The monoisotopic (exact) mass is 449 g/mol. The highest BCUT2D eigenvalue weighted by molar-refractivity contribution is 7.17. The number of benzene rings is 2. The minimum Gasteiger partial charge on any atom is -0.486 e. The third-order valence-corrected chi connectivity index (χ3v) is 7.12. The van der Waals surface area contributed by atoms with Gasteiger partial charge in [-0.2, -0.15) is 0 Å². The van der Waals surface area contributed by atoms with Crippen molar-refractivity contribution in [2.24, 2.45) is 0 Å². The van der Waals surface area contributed by atoms with Crippen LogP contribution in [-0.4, -0.2) is 57.2 Å². The van der Waals surface area contributed by atoms with E-state index in [0.717, 1.165) is 59.4 Å². The van der Waals surface area contributed by atoms with Gasteiger partial charge < -0.3 is 24.6 Å². The van der Waals surface area contributed by atoms with E-state index in [-0.39, 0.29) is 5.91 Å². The van der Waals surface area contributed by atoms with Crippen LogP contribution in [0.15, 0.2) is 48.5 Å². The van der Waals surface area contributed by atoms with Gasteiger partial charge in [-0.3, -0.25) is 4.79 Å². The second-order valence-corrected chi connectivity index (χ2v) is 9.35.